The van der Waals surface area contributed by atoms with Gasteiger partial charge in [-0.15, -0.1) is 0 Å². The van der Waals surface area contributed by atoms with E-state index in [0.29, 0.717) is 24.8 Å². The van der Waals surface area contributed by atoms with E-state index in [1.807, 2.05) is 31.3 Å². The SMILES string of the molecule is CC(C)CNC(=O)c1nn(C)c2c1COc1ccccc1-2. The van der Waals surface area contributed by atoms with Crippen molar-refractivity contribution in [2.45, 2.75) is 20.5 Å². The van der Waals surface area contributed by atoms with Gasteiger partial charge in [0.05, 0.1) is 5.69 Å². The number of aromatic nitrogens is 2. The smallest absolute Gasteiger partial charge is 0.272 e. The number of hydrogen-bond acceptors (Lipinski definition) is 3. The summed E-state index contributed by atoms with van der Waals surface area (Å²) in [5.41, 5.74) is 3.27. The Labute approximate surface area is 123 Å². The highest BCUT2D eigenvalue weighted by atomic mass is 16.5. The standard InChI is InChI=1S/C16H19N3O2/c1-10(2)8-17-16(20)14-12-9-21-13-7-5-4-6-11(13)15(12)19(3)18-14/h4-7,10H,8-9H2,1-3H3,(H,17,20). The van der Waals surface area contributed by atoms with Gasteiger partial charge in [0.15, 0.2) is 5.69 Å². The maximum absolute atomic E-state index is 12.3. The molecular formula is C16H19N3O2. The minimum atomic E-state index is -0.136. The van der Waals surface area contributed by atoms with Crippen molar-refractivity contribution in [3.05, 3.63) is 35.5 Å². The number of carbonyl (C=O) groups is 1. The largest absolute Gasteiger partial charge is 0.488 e. The molecule has 0 atom stereocenters. The second kappa shape index (κ2) is 5.24. The fourth-order valence-electron chi connectivity index (χ4n) is 2.54. The monoisotopic (exact) mass is 285 g/mol. The van der Waals surface area contributed by atoms with Gasteiger partial charge in [-0.1, -0.05) is 26.0 Å². The summed E-state index contributed by atoms with van der Waals surface area (Å²) in [6.45, 7) is 5.15. The second-order valence-corrected chi connectivity index (χ2v) is 5.69. The maximum Gasteiger partial charge on any atom is 0.272 e. The van der Waals surface area contributed by atoms with Crippen LogP contribution in [0.3, 0.4) is 0 Å². The molecule has 1 aromatic heterocycles. The molecule has 0 spiro atoms. The summed E-state index contributed by atoms with van der Waals surface area (Å²) < 4.78 is 7.51. The van der Waals surface area contributed by atoms with Crippen molar-refractivity contribution in [2.24, 2.45) is 13.0 Å². The van der Waals surface area contributed by atoms with E-state index in [4.69, 9.17) is 4.74 Å². The Morgan fingerprint density at radius 2 is 2.19 bits per heavy atom. The van der Waals surface area contributed by atoms with Crippen LogP contribution in [-0.4, -0.2) is 22.2 Å². The Kier molecular flexibility index (Phi) is 3.41. The van der Waals surface area contributed by atoms with Gasteiger partial charge in [-0.25, -0.2) is 0 Å². The first-order valence-electron chi connectivity index (χ1n) is 7.14. The van der Waals surface area contributed by atoms with Crippen LogP contribution in [-0.2, 0) is 13.7 Å². The Morgan fingerprint density at radius 1 is 1.43 bits per heavy atom. The molecule has 1 N–H and O–H groups in total. The van der Waals surface area contributed by atoms with E-state index in [9.17, 15) is 4.79 Å². The summed E-state index contributed by atoms with van der Waals surface area (Å²) in [6, 6.07) is 7.83. The number of hydrogen-bond donors (Lipinski definition) is 1. The van der Waals surface area contributed by atoms with Gasteiger partial charge in [0.25, 0.3) is 5.91 Å². The third-order valence-corrected chi connectivity index (χ3v) is 3.55. The van der Waals surface area contributed by atoms with Gasteiger partial charge in [0.1, 0.15) is 12.4 Å². The second-order valence-electron chi connectivity index (χ2n) is 5.69. The van der Waals surface area contributed by atoms with Crippen LogP contribution in [0.1, 0.15) is 29.9 Å². The van der Waals surface area contributed by atoms with Gasteiger partial charge in [-0.2, -0.15) is 5.10 Å². The highest BCUT2D eigenvalue weighted by Gasteiger charge is 2.27. The van der Waals surface area contributed by atoms with E-state index in [1.165, 1.54) is 0 Å². The van der Waals surface area contributed by atoms with Gasteiger partial charge in [-0.05, 0) is 18.1 Å². The van der Waals surface area contributed by atoms with Crippen LogP contribution in [0.2, 0.25) is 0 Å². The zero-order chi connectivity index (χ0) is 15.0. The number of ether oxygens (including phenoxy) is 1. The normalized spacial score (nSPS) is 12.6. The summed E-state index contributed by atoms with van der Waals surface area (Å²) in [5.74, 6) is 1.11. The molecule has 1 aromatic carbocycles. The predicted molar refractivity (Wildman–Crippen MR) is 80.1 cm³/mol. The maximum atomic E-state index is 12.3. The molecule has 110 valence electrons. The van der Waals surface area contributed by atoms with Crippen LogP contribution in [0.15, 0.2) is 24.3 Å². The zero-order valence-electron chi connectivity index (χ0n) is 12.5. The van der Waals surface area contributed by atoms with Crippen molar-refractivity contribution >= 4 is 5.91 Å². The van der Waals surface area contributed by atoms with Crippen molar-refractivity contribution in [1.29, 1.82) is 0 Å². The quantitative estimate of drug-likeness (QED) is 0.942. The number of fused-ring (bicyclic) bond motifs is 3. The van der Waals surface area contributed by atoms with Crippen LogP contribution in [0.4, 0.5) is 0 Å². The lowest BCUT2D eigenvalue weighted by molar-refractivity contribution is 0.0941. The molecule has 2 aromatic rings. The molecule has 21 heavy (non-hydrogen) atoms. The number of nitrogens with one attached hydrogen (secondary N) is 1. The lowest BCUT2D eigenvalue weighted by Crippen LogP contribution is -2.28. The molecule has 5 nitrogen and oxygen atoms in total. The third kappa shape index (κ3) is 2.39. The molecule has 0 bridgehead atoms. The van der Waals surface area contributed by atoms with Crippen molar-refractivity contribution < 1.29 is 9.53 Å². The first kappa shape index (κ1) is 13.7. The zero-order valence-corrected chi connectivity index (χ0v) is 12.5. The Bertz CT molecular complexity index is 689. The fraction of sp³-hybridized carbons (Fsp3) is 0.375. The Morgan fingerprint density at radius 3 is 2.95 bits per heavy atom. The van der Waals surface area contributed by atoms with Gasteiger partial charge >= 0.3 is 0 Å². The number of carbonyl (C=O) groups excluding carboxylic acids is 1. The van der Waals surface area contributed by atoms with Crippen molar-refractivity contribution in [2.75, 3.05) is 6.54 Å². The van der Waals surface area contributed by atoms with Gasteiger partial charge in [0.2, 0.25) is 0 Å². The Hall–Kier alpha value is -2.30. The Balaban J connectivity index is 1.99. The molecule has 0 fully saturated rings. The van der Waals surface area contributed by atoms with Gasteiger partial charge in [-0.3, -0.25) is 9.48 Å². The first-order valence-corrected chi connectivity index (χ1v) is 7.14. The van der Waals surface area contributed by atoms with Crippen LogP contribution >= 0.6 is 0 Å². The van der Waals surface area contributed by atoms with Crippen LogP contribution in [0.25, 0.3) is 11.3 Å². The van der Waals surface area contributed by atoms with E-state index < -0.39 is 0 Å². The third-order valence-electron chi connectivity index (χ3n) is 3.55. The lowest BCUT2D eigenvalue weighted by atomic mass is 10.0. The number of amides is 1. The summed E-state index contributed by atoms with van der Waals surface area (Å²) in [6.07, 6.45) is 0. The number of para-hydroxylation sites is 1. The van der Waals surface area contributed by atoms with E-state index in [0.717, 1.165) is 22.6 Å². The summed E-state index contributed by atoms with van der Waals surface area (Å²) >= 11 is 0. The average Bonchev–Trinajstić information content (AvgIpc) is 2.82. The predicted octanol–water partition coefficient (Wildman–Crippen LogP) is 2.37. The molecule has 0 unspecified atom stereocenters. The van der Waals surface area contributed by atoms with Crippen molar-refractivity contribution in [3.63, 3.8) is 0 Å². The average molecular weight is 285 g/mol. The summed E-state index contributed by atoms with van der Waals surface area (Å²) in [5, 5.41) is 7.31. The molecule has 0 aliphatic carbocycles. The summed E-state index contributed by atoms with van der Waals surface area (Å²) in [7, 11) is 1.86. The minimum Gasteiger partial charge on any atom is -0.488 e. The van der Waals surface area contributed by atoms with Crippen LogP contribution < -0.4 is 10.1 Å². The molecule has 2 heterocycles. The number of benzene rings is 1. The molecule has 0 saturated heterocycles. The lowest BCUT2D eigenvalue weighted by Gasteiger charge is -2.18. The first-order chi connectivity index (χ1) is 10.1. The van der Waals surface area contributed by atoms with E-state index in [-0.39, 0.29) is 5.91 Å². The number of nitrogens with zero attached hydrogens (tertiary/aromatic N) is 2. The molecule has 1 aliphatic heterocycles. The molecule has 1 aliphatic rings. The molecule has 0 radical (unpaired) electrons. The van der Waals surface area contributed by atoms with Gasteiger partial charge in [0, 0.05) is 24.7 Å². The molecule has 5 heteroatoms. The van der Waals surface area contributed by atoms with Gasteiger partial charge < -0.3 is 10.1 Å². The van der Waals surface area contributed by atoms with E-state index in [2.05, 4.69) is 24.3 Å². The molecular weight excluding hydrogens is 266 g/mol. The van der Waals surface area contributed by atoms with Crippen LogP contribution in [0, 0.1) is 5.92 Å². The molecule has 1 amide bonds. The topological polar surface area (TPSA) is 56.2 Å². The molecule has 0 saturated carbocycles. The highest BCUT2D eigenvalue weighted by molar-refractivity contribution is 5.96. The van der Waals surface area contributed by atoms with E-state index >= 15 is 0 Å². The highest BCUT2D eigenvalue weighted by Crippen LogP contribution is 2.38. The fourth-order valence-corrected chi connectivity index (χ4v) is 2.54. The number of aryl methyl sites for hydroxylation is 1. The molecule has 3 rings (SSSR count). The van der Waals surface area contributed by atoms with Crippen molar-refractivity contribution in [3.8, 4) is 17.0 Å². The van der Waals surface area contributed by atoms with Crippen LogP contribution in [0.5, 0.6) is 5.75 Å². The van der Waals surface area contributed by atoms with Crippen molar-refractivity contribution in [1.82, 2.24) is 15.1 Å². The minimum absolute atomic E-state index is 0.136. The summed E-state index contributed by atoms with van der Waals surface area (Å²) in [4.78, 5) is 12.3. The van der Waals surface area contributed by atoms with E-state index in [1.54, 1.807) is 4.68 Å². The number of rotatable bonds is 3.